The fraction of sp³-hybridized carbons (Fsp3) is 0.364. The van der Waals surface area contributed by atoms with Crippen LogP contribution >= 0.6 is 0 Å². The first-order valence-corrected chi connectivity index (χ1v) is 9.57. The van der Waals surface area contributed by atoms with Crippen LogP contribution in [0, 0.1) is 6.92 Å². The number of fused-ring (bicyclic) bond motifs is 1. The number of esters is 1. The molecule has 2 aromatic carbocycles. The van der Waals surface area contributed by atoms with Crippen molar-refractivity contribution in [2.24, 2.45) is 0 Å². The summed E-state index contributed by atoms with van der Waals surface area (Å²) in [6.45, 7) is 6.00. The van der Waals surface area contributed by atoms with Crippen LogP contribution in [0.25, 0.3) is 11.0 Å². The summed E-state index contributed by atoms with van der Waals surface area (Å²) < 4.78 is 6.05. The molecule has 0 bridgehead atoms. The van der Waals surface area contributed by atoms with Gasteiger partial charge in [-0.3, -0.25) is 0 Å². The molecule has 0 radical (unpaired) electrons. The van der Waals surface area contributed by atoms with Crippen molar-refractivity contribution in [2.75, 3.05) is 18.0 Å². The van der Waals surface area contributed by atoms with Gasteiger partial charge in [0.25, 0.3) is 0 Å². The van der Waals surface area contributed by atoms with Gasteiger partial charge >= 0.3 is 5.97 Å². The minimum absolute atomic E-state index is 0.252. The summed E-state index contributed by atoms with van der Waals surface area (Å²) in [6, 6.07) is 14.0. The fourth-order valence-electron chi connectivity index (χ4n) is 3.84. The van der Waals surface area contributed by atoms with Crippen molar-refractivity contribution in [1.29, 1.82) is 0 Å². The molecular formula is C22H25N3O2. The van der Waals surface area contributed by atoms with Crippen LogP contribution in [-0.4, -0.2) is 34.6 Å². The van der Waals surface area contributed by atoms with E-state index in [2.05, 4.69) is 53.0 Å². The number of aryl methyl sites for hydroxylation is 1. The Kier molecular flexibility index (Phi) is 4.60. The zero-order valence-electron chi connectivity index (χ0n) is 15.9. The highest BCUT2D eigenvalue weighted by Gasteiger charge is 2.37. The van der Waals surface area contributed by atoms with Crippen LogP contribution in [0.15, 0.2) is 48.8 Å². The third-order valence-corrected chi connectivity index (χ3v) is 5.65. The van der Waals surface area contributed by atoms with Gasteiger partial charge in [0.05, 0.1) is 22.9 Å². The number of aromatic amines is 1. The summed E-state index contributed by atoms with van der Waals surface area (Å²) in [5, 5.41) is 0. The first-order chi connectivity index (χ1) is 13.1. The molecule has 1 aromatic heterocycles. The second-order valence-corrected chi connectivity index (χ2v) is 7.39. The second-order valence-electron chi connectivity index (χ2n) is 7.39. The molecule has 1 aliphatic heterocycles. The second kappa shape index (κ2) is 7.06. The van der Waals surface area contributed by atoms with E-state index >= 15 is 0 Å². The molecule has 1 saturated heterocycles. The van der Waals surface area contributed by atoms with Crippen LogP contribution in [0.4, 0.5) is 5.69 Å². The lowest BCUT2D eigenvalue weighted by atomic mass is 9.88. The van der Waals surface area contributed by atoms with Gasteiger partial charge in [-0.1, -0.05) is 19.1 Å². The molecule has 0 saturated carbocycles. The number of anilines is 1. The van der Waals surface area contributed by atoms with Gasteiger partial charge in [-0.25, -0.2) is 9.78 Å². The Hall–Kier alpha value is -2.82. The summed E-state index contributed by atoms with van der Waals surface area (Å²) in [5.74, 6) is -0.252. The van der Waals surface area contributed by atoms with Gasteiger partial charge < -0.3 is 14.6 Å². The van der Waals surface area contributed by atoms with Gasteiger partial charge in [0.2, 0.25) is 0 Å². The summed E-state index contributed by atoms with van der Waals surface area (Å²) in [4.78, 5) is 22.4. The minimum Gasteiger partial charge on any atom is -0.455 e. The van der Waals surface area contributed by atoms with Crippen molar-refractivity contribution < 1.29 is 9.53 Å². The van der Waals surface area contributed by atoms with Crippen LogP contribution in [0.3, 0.4) is 0 Å². The first kappa shape index (κ1) is 17.6. The molecule has 140 valence electrons. The summed E-state index contributed by atoms with van der Waals surface area (Å²) >= 11 is 0. The van der Waals surface area contributed by atoms with E-state index in [9.17, 15) is 4.79 Å². The molecule has 0 amide bonds. The lowest BCUT2D eigenvalue weighted by Crippen LogP contribution is -2.47. The number of nitrogens with one attached hydrogen (secondary N) is 1. The Morgan fingerprint density at radius 1 is 1.22 bits per heavy atom. The Morgan fingerprint density at radius 3 is 2.78 bits per heavy atom. The predicted octanol–water partition coefficient (Wildman–Crippen LogP) is 4.48. The molecule has 27 heavy (non-hydrogen) atoms. The summed E-state index contributed by atoms with van der Waals surface area (Å²) in [6.07, 6.45) is 4.14. The molecule has 5 nitrogen and oxygen atoms in total. The number of imidazole rings is 1. The number of ether oxygens (including phenoxy) is 1. The summed E-state index contributed by atoms with van der Waals surface area (Å²) in [7, 11) is 0. The first-order valence-electron chi connectivity index (χ1n) is 9.57. The molecule has 1 fully saturated rings. The van der Waals surface area contributed by atoms with Crippen LogP contribution < -0.4 is 4.90 Å². The SMILES string of the molecule is CCC1(OC(=O)c2ccc3nc[nH]c3c2)CCN(c2cccc(C)c2)CC1. The molecule has 2 heterocycles. The molecule has 0 unspecified atom stereocenters. The topological polar surface area (TPSA) is 58.2 Å². The van der Waals surface area contributed by atoms with Gasteiger partial charge in [0.15, 0.2) is 0 Å². The standard InChI is InChI=1S/C22H25N3O2/c1-3-22(9-11-25(12-10-22)18-6-4-5-16(2)13-18)27-21(26)17-7-8-19-20(14-17)24-15-23-19/h4-8,13-15H,3,9-12H2,1-2H3,(H,23,24). The summed E-state index contributed by atoms with van der Waals surface area (Å²) in [5.41, 5.74) is 4.39. The molecule has 4 rings (SSSR count). The molecule has 1 N–H and O–H groups in total. The van der Waals surface area contributed by atoms with Crippen molar-refractivity contribution in [1.82, 2.24) is 9.97 Å². The minimum atomic E-state index is -0.389. The normalized spacial score (nSPS) is 16.4. The zero-order valence-corrected chi connectivity index (χ0v) is 15.9. The number of nitrogens with zero attached hydrogens (tertiary/aromatic N) is 2. The number of carbonyl (C=O) groups is 1. The Labute approximate surface area is 159 Å². The quantitative estimate of drug-likeness (QED) is 0.695. The van der Waals surface area contributed by atoms with Crippen LogP contribution in [-0.2, 0) is 4.74 Å². The number of piperidine rings is 1. The molecule has 0 aliphatic carbocycles. The van der Waals surface area contributed by atoms with E-state index in [0.29, 0.717) is 5.56 Å². The average molecular weight is 363 g/mol. The van der Waals surface area contributed by atoms with Gasteiger partial charge in [0.1, 0.15) is 5.60 Å². The number of hydrogen-bond donors (Lipinski definition) is 1. The monoisotopic (exact) mass is 363 g/mol. The number of carbonyl (C=O) groups excluding carboxylic acids is 1. The Morgan fingerprint density at radius 2 is 2.04 bits per heavy atom. The third kappa shape index (κ3) is 3.54. The average Bonchev–Trinajstić information content (AvgIpc) is 3.16. The lowest BCUT2D eigenvalue weighted by Gasteiger charge is -2.41. The van der Waals surface area contributed by atoms with E-state index in [0.717, 1.165) is 43.4 Å². The molecule has 0 atom stereocenters. The van der Waals surface area contributed by atoms with E-state index in [1.807, 2.05) is 12.1 Å². The van der Waals surface area contributed by atoms with Crippen LogP contribution in [0.2, 0.25) is 0 Å². The number of H-pyrrole nitrogens is 1. The molecule has 0 spiro atoms. The smallest absolute Gasteiger partial charge is 0.338 e. The number of benzene rings is 2. The Balaban J connectivity index is 1.46. The van der Waals surface area contributed by atoms with Crippen LogP contribution in [0.5, 0.6) is 0 Å². The predicted molar refractivity (Wildman–Crippen MR) is 107 cm³/mol. The fourth-order valence-corrected chi connectivity index (χ4v) is 3.84. The maximum Gasteiger partial charge on any atom is 0.338 e. The van der Waals surface area contributed by atoms with E-state index in [-0.39, 0.29) is 11.6 Å². The molecule has 3 aromatic rings. The van der Waals surface area contributed by atoms with Crippen molar-refractivity contribution in [3.8, 4) is 0 Å². The highest BCUT2D eigenvalue weighted by Crippen LogP contribution is 2.33. The largest absolute Gasteiger partial charge is 0.455 e. The van der Waals surface area contributed by atoms with Crippen molar-refractivity contribution in [2.45, 2.75) is 38.7 Å². The van der Waals surface area contributed by atoms with Gasteiger partial charge in [-0.2, -0.15) is 0 Å². The molecule has 5 heteroatoms. The molecule has 1 aliphatic rings. The number of hydrogen-bond acceptors (Lipinski definition) is 4. The van der Waals surface area contributed by atoms with Crippen molar-refractivity contribution in [3.05, 3.63) is 59.9 Å². The maximum absolute atomic E-state index is 12.8. The van der Waals surface area contributed by atoms with E-state index in [1.165, 1.54) is 11.3 Å². The molecular weight excluding hydrogens is 338 g/mol. The van der Waals surface area contributed by atoms with Crippen LogP contribution in [0.1, 0.15) is 42.1 Å². The van der Waals surface area contributed by atoms with E-state index in [4.69, 9.17) is 4.74 Å². The number of rotatable bonds is 4. The lowest BCUT2D eigenvalue weighted by molar-refractivity contribution is -0.0330. The van der Waals surface area contributed by atoms with Crippen molar-refractivity contribution >= 4 is 22.7 Å². The zero-order chi connectivity index (χ0) is 18.9. The highest BCUT2D eigenvalue weighted by atomic mass is 16.6. The number of aromatic nitrogens is 2. The van der Waals surface area contributed by atoms with Gasteiger partial charge in [0, 0.05) is 31.6 Å². The highest BCUT2D eigenvalue weighted by molar-refractivity contribution is 5.93. The van der Waals surface area contributed by atoms with Gasteiger partial charge in [-0.05, 0) is 49.2 Å². The van der Waals surface area contributed by atoms with E-state index in [1.54, 1.807) is 12.4 Å². The maximum atomic E-state index is 12.8. The van der Waals surface area contributed by atoms with Gasteiger partial charge in [-0.15, -0.1) is 0 Å². The van der Waals surface area contributed by atoms with Crippen molar-refractivity contribution in [3.63, 3.8) is 0 Å². The third-order valence-electron chi connectivity index (χ3n) is 5.65. The Bertz CT molecular complexity index is 955. The van der Waals surface area contributed by atoms with E-state index < -0.39 is 0 Å².